The molecule has 0 radical (unpaired) electrons. The lowest BCUT2D eigenvalue weighted by atomic mass is 10.2. The van der Waals surface area contributed by atoms with Crippen molar-refractivity contribution in [3.8, 4) is 0 Å². The van der Waals surface area contributed by atoms with Crippen LogP contribution in [0.25, 0.3) is 0 Å². The molecule has 0 N–H and O–H groups in total. The van der Waals surface area contributed by atoms with Crippen LogP contribution >= 0.6 is 11.6 Å². The van der Waals surface area contributed by atoms with Gasteiger partial charge >= 0.3 is 0 Å². The van der Waals surface area contributed by atoms with Crippen molar-refractivity contribution in [1.29, 1.82) is 0 Å². The summed E-state index contributed by atoms with van der Waals surface area (Å²) in [6.07, 6.45) is 3.49. The molecule has 2 aliphatic rings. The van der Waals surface area contributed by atoms with E-state index in [9.17, 15) is 8.42 Å². The maximum Gasteiger partial charge on any atom is 0.214 e. The van der Waals surface area contributed by atoms with Gasteiger partial charge in [-0.25, -0.2) is 12.7 Å². The first-order valence-corrected chi connectivity index (χ1v) is 8.95. The highest BCUT2D eigenvalue weighted by atomic mass is 35.5. The lowest BCUT2D eigenvalue weighted by Crippen LogP contribution is -2.38. The van der Waals surface area contributed by atoms with Crippen molar-refractivity contribution in [2.45, 2.75) is 32.2 Å². The summed E-state index contributed by atoms with van der Waals surface area (Å²) in [5.41, 5.74) is 0. The predicted molar refractivity (Wildman–Crippen MR) is 74.5 cm³/mol. The summed E-state index contributed by atoms with van der Waals surface area (Å²) >= 11 is 5.71. The Bertz CT molecular complexity index is 368. The first-order chi connectivity index (χ1) is 8.53. The Morgan fingerprint density at radius 2 is 1.94 bits per heavy atom. The van der Waals surface area contributed by atoms with Gasteiger partial charge in [0.2, 0.25) is 10.0 Å². The van der Waals surface area contributed by atoms with Gasteiger partial charge < -0.3 is 0 Å². The highest BCUT2D eigenvalue weighted by molar-refractivity contribution is 7.89. The summed E-state index contributed by atoms with van der Waals surface area (Å²) in [7, 11) is -3.11. The first kappa shape index (κ1) is 14.6. The molecule has 4 nitrogen and oxygen atoms in total. The van der Waals surface area contributed by atoms with Crippen LogP contribution in [0.1, 0.15) is 26.2 Å². The fraction of sp³-hybridized carbons (Fsp3) is 1.00. The minimum Gasteiger partial charge on any atom is -0.299 e. The molecule has 0 spiro atoms. The van der Waals surface area contributed by atoms with E-state index in [1.807, 2.05) is 6.92 Å². The second-order valence-electron chi connectivity index (χ2n) is 5.58. The van der Waals surface area contributed by atoms with E-state index >= 15 is 0 Å². The highest BCUT2D eigenvalue weighted by Gasteiger charge is 2.35. The molecular formula is C12H23ClN2O2S. The molecule has 2 unspecified atom stereocenters. The van der Waals surface area contributed by atoms with Gasteiger partial charge in [0, 0.05) is 25.0 Å². The monoisotopic (exact) mass is 294 g/mol. The van der Waals surface area contributed by atoms with Crippen molar-refractivity contribution in [1.82, 2.24) is 9.21 Å². The molecular weight excluding hydrogens is 272 g/mol. The van der Waals surface area contributed by atoms with E-state index in [0.29, 0.717) is 25.0 Å². The fourth-order valence-electron chi connectivity index (χ4n) is 2.88. The number of hydrogen-bond donors (Lipinski definition) is 0. The molecule has 0 aromatic carbocycles. The average Bonchev–Trinajstić information content (AvgIpc) is 2.98. The molecule has 2 aliphatic heterocycles. The minimum absolute atomic E-state index is 0.0301. The first-order valence-electron chi connectivity index (χ1n) is 6.81. The van der Waals surface area contributed by atoms with Gasteiger partial charge in [-0.1, -0.05) is 6.92 Å². The summed E-state index contributed by atoms with van der Waals surface area (Å²) in [4.78, 5) is 2.44. The fourth-order valence-corrected chi connectivity index (χ4v) is 4.95. The number of sulfonamides is 1. The van der Waals surface area contributed by atoms with E-state index in [1.54, 1.807) is 4.31 Å². The van der Waals surface area contributed by atoms with Crippen LogP contribution < -0.4 is 0 Å². The number of rotatable bonds is 5. The molecule has 0 saturated carbocycles. The molecule has 2 heterocycles. The number of alkyl halides is 1. The Balaban J connectivity index is 1.91. The molecule has 0 aromatic heterocycles. The summed E-state index contributed by atoms with van der Waals surface area (Å²) in [6, 6.07) is 0.439. The van der Waals surface area contributed by atoms with Crippen LogP contribution in [-0.4, -0.2) is 61.5 Å². The molecule has 106 valence electrons. The minimum atomic E-state index is -3.11. The van der Waals surface area contributed by atoms with Crippen molar-refractivity contribution in [3.63, 3.8) is 0 Å². The summed E-state index contributed by atoms with van der Waals surface area (Å²) in [6.45, 7) is 5.52. The zero-order chi connectivity index (χ0) is 13.2. The van der Waals surface area contributed by atoms with Gasteiger partial charge in [-0.05, 0) is 38.3 Å². The van der Waals surface area contributed by atoms with Gasteiger partial charge in [0.1, 0.15) is 0 Å². The number of halogens is 1. The van der Waals surface area contributed by atoms with Gasteiger partial charge in [-0.2, -0.15) is 0 Å². The molecule has 0 bridgehead atoms. The number of hydrogen-bond acceptors (Lipinski definition) is 3. The van der Waals surface area contributed by atoms with E-state index in [2.05, 4.69) is 4.90 Å². The number of nitrogens with zero attached hydrogens (tertiary/aromatic N) is 2. The third kappa shape index (κ3) is 3.38. The van der Waals surface area contributed by atoms with Gasteiger partial charge in [-0.3, -0.25) is 4.90 Å². The molecule has 2 fully saturated rings. The molecule has 6 heteroatoms. The third-order valence-corrected chi connectivity index (χ3v) is 6.57. The quantitative estimate of drug-likeness (QED) is 0.719. The smallest absolute Gasteiger partial charge is 0.214 e. The van der Waals surface area contributed by atoms with Crippen molar-refractivity contribution in [2.24, 2.45) is 5.92 Å². The topological polar surface area (TPSA) is 40.6 Å². The molecule has 0 amide bonds. The standard InChI is InChI=1S/C12H23ClN2O2S/c1-11(8-13)10-18(16,17)15-7-4-12(9-15)14-5-2-3-6-14/h11-12H,2-10H2,1H3. The second-order valence-corrected chi connectivity index (χ2v) is 7.90. The Morgan fingerprint density at radius 3 is 2.56 bits per heavy atom. The highest BCUT2D eigenvalue weighted by Crippen LogP contribution is 2.23. The Hall–Kier alpha value is 0.160. The van der Waals surface area contributed by atoms with Crippen molar-refractivity contribution < 1.29 is 8.42 Å². The Labute approximate surface area is 115 Å². The lowest BCUT2D eigenvalue weighted by Gasteiger charge is -2.24. The van der Waals surface area contributed by atoms with Gasteiger partial charge in [-0.15, -0.1) is 11.6 Å². The van der Waals surface area contributed by atoms with Crippen LogP contribution in [0.2, 0.25) is 0 Å². The van der Waals surface area contributed by atoms with Crippen LogP contribution in [0.15, 0.2) is 0 Å². The SMILES string of the molecule is CC(CCl)CS(=O)(=O)N1CCC(N2CCCC2)C1. The summed E-state index contributed by atoms with van der Waals surface area (Å²) in [5, 5.41) is 0. The molecule has 18 heavy (non-hydrogen) atoms. The van der Waals surface area contributed by atoms with Crippen LogP contribution in [0.5, 0.6) is 0 Å². The summed E-state index contributed by atoms with van der Waals surface area (Å²) in [5.74, 6) is 0.619. The average molecular weight is 295 g/mol. The van der Waals surface area contributed by atoms with Crippen LogP contribution in [-0.2, 0) is 10.0 Å². The van der Waals surface area contributed by atoms with E-state index in [-0.39, 0.29) is 11.7 Å². The van der Waals surface area contributed by atoms with Gasteiger partial charge in [0.25, 0.3) is 0 Å². The van der Waals surface area contributed by atoms with E-state index in [4.69, 9.17) is 11.6 Å². The van der Waals surface area contributed by atoms with Crippen molar-refractivity contribution in [2.75, 3.05) is 37.8 Å². The maximum absolute atomic E-state index is 12.2. The maximum atomic E-state index is 12.2. The van der Waals surface area contributed by atoms with Crippen molar-refractivity contribution >= 4 is 21.6 Å². The van der Waals surface area contributed by atoms with Crippen LogP contribution in [0, 0.1) is 5.92 Å². The molecule has 2 saturated heterocycles. The largest absolute Gasteiger partial charge is 0.299 e. The van der Waals surface area contributed by atoms with Crippen molar-refractivity contribution in [3.05, 3.63) is 0 Å². The number of likely N-dealkylation sites (tertiary alicyclic amines) is 1. The second kappa shape index (κ2) is 6.07. The lowest BCUT2D eigenvalue weighted by molar-refractivity contribution is 0.251. The van der Waals surface area contributed by atoms with Gasteiger partial charge in [0.15, 0.2) is 0 Å². The molecule has 0 aromatic rings. The Morgan fingerprint density at radius 1 is 1.28 bits per heavy atom. The Kier molecular flexibility index (Phi) is 4.92. The zero-order valence-corrected chi connectivity index (χ0v) is 12.6. The molecule has 2 atom stereocenters. The molecule has 2 rings (SSSR count). The van der Waals surface area contributed by atoms with Crippen LogP contribution in [0.3, 0.4) is 0 Å². The van der Waals surface area contributed by atoms with Gasteiger partial charge in [0.05, 0.1) is 5.75 Å². The zero-order valence-electron chi connectivity index (χ0n) is 11.0. The summed E-state index contributed by atoms with van der Waals surface area (Å²) < 4.78 is 26.1. The van der Waals surface area contributed by atoms with Crippen LogP contribution in [0.4, 0.5) is 0 Å². The normalized spacial score (nSPS) is 28.9. The third-order valence-electron chi connectivity index (χ3n) is 3.94. The predicted octanol–water partition coefficient (Wildman–Crippen LogP) is 1.36. The van der Waals surface area contributed by atoms with E-state index < -0.39 is 10.0 Å². The van der Waals surface area contributed by atoms with E-state index in [1.165, 1.54) is 12.8 Å². The van der Waals surface area contributed by atoms with E-state index in [0.717, 1.165) is 19.5 Å². The molecule has 0 aliphatic carbocycles.